The smallest absolute Gasteiger partial charge is 0.0512 e. The van der Waals surface area contributed by atoms with Crippen LogP contribution in [0.2, 0.25) is 5.02 Å². The van der Waals surface area contributed by atoms with Crippen molar-refractivity contribution in [2.75, 3.05) is 31.1 Å². The minimum Gasteiger partial charge on any atom is -0.365 e. The third-order valence-electron chi connectivity index (χ3n) is 4.40. The zero-order chi connectivity index (χ0) is 16.2. The lowest BCUT2D eigenvalue weighted by Crippen LogP contribution is -2.34. The summed E-state index contributed by atoms with van der Waals surface area (Å²) in [5.74, 6) is 0. The summed E-state index contributed by atoms with van der Waals surface area (Å²) >= 11 is 8.06. The summed E-state index contributed by atoms with van der Waals surface area (Å²) < 4.78 is 0. The fourth-order valence-electron chi connectivity index (χ4n) is 2.98. The highest BCUT2D eigenvalue weighted by Gasteiger charge is 2.20. The Bertz CT molecular complexity index is 670. The average Bonchev–Trinajstić information content (AvgIpc) is 2.71. The molecule has 0 atom stereocenters. The molecule has 0 aliphatic carbocycles. The molecule has 1 heterocycles. The van der Waals surface area contributed by atoms with Gasteiger partial charge in [0.2, 0.25) is 0 Å². The van der Waals surface area contributed by atoms with Crippen molar-refractivity contribution in [2.24, 2.45) is 0 Å². The third kappa shape index (κ3) is 3.85. The van der Waals surface area contributed by atoms with Crippen LogP contribution in [0.4, 0.5) is 5.69 Å². The van der Waals surface area contributed by atoms with Gasteiger partial charge >= 0.3 is 0 Å². The Morgan fingerprint density at radius 2 is 1.87 bits per heavy atom. The molecule has 0 bridgehead atoms. The maximum atomic E-state index is 6.24. The lowest BCUT2D eigenvalue weighted by molar-refractivity contribution is 0.309. The van der Waals surface area contributed by atoms with Gasteiger partial charge in [0.05, 0.1) is 5.69 Å². The highest BCUT2D eigenvalue weighted by molar-refractivity contribution is 7.99. The quantitative estimate of drug-likeness (QED) is 0.739. The van der Waals surface area contributed by atoms with Gasteiger partial charge in [-0.3, -0.25) is 0 Å². The summed E-state index contributed by atoms with van der Waals surface area (Å²) in [6.07, 6.45) is 0. The Balaban J connectivity index is 1.92. The molecule has 23 heavy (non-hydrogen) atoms. The zero-order valence-electron chi connectivity index (χ0n) is 13.8. The summed E-state index contributed by atoms with van der Waals surface area (Å²) in [7, 11) is 0. The molecular formula is C19H23ClN2S. The Morgan fingerprint density at radius 1 is 1.09 bits per heavy atom. The average molecular weight is 347 g/mol. The number of nitrogens with zero attached hydrogens (tertiary/aromatic N) is 2. The van der Waals surface area contributed by atoms with Crippen molar-refractivity contribution in [3.63, 3.8) is 0 Å². The van der Waals surface area contributed by atoms with Crippen LogP contribution in [0.5, 0.6) is 0 Å². The van der Waals surface area contributed by atoms with Crippen LogP contribution in [0.15, 0.2) is 52.3 Å². The number of halogens is 1. The molecule has 0 fully saturated rings. The molecule has 0 radical (unpaired) electrons. The van der Waals surface area contributed by atoms with E-state index in [1.807, 2.05) is 17.8 Å². The number of benzene rings is 2. The third-order valence-corrected chi connectivity index (χ3v) is 5.80. The molecule has 0 saturated heterocycles. The van der Waals surface area contributed by atoms with E-state index in [1.54, 1.807) is 0 Å². The number of likely N-dealkylation sites (N-methyl/N-ethyl adjacent to an activating group) is 1. The number of hydrogen-bond donors (Lipinski definition) is 0. The second-order valence-electron chi connectivity index (χ2n) is 5.77. The van der Waals surface area contributed by atoms with E-state index in [9.17, 15) is 0 Å². The van der Waals surface area contributed by atoms with Crippen molar-refractivity contribution in [2.45, 2.75) is 30.2 Å². The molecule has 0 aromatic heterocycles. The first kappa shape index (κ1) is 16.7. The van der Waals surface area contributed by atoms with Crippen molar-refractivity contribution in [3.8, 4) is 0 Å². The molecule has 3 rings (SSSR count). The van der Waals surface area contributed by atoms with E-state index in [4.69, 9.17) is 11.6 Å². The van der Waals surface area contributed by atoms with Gasteiger partial charge in [-0.15, -0.1) is 0 Å². The summed E-state index contributed by atoms with van der Waals surface area (Å²) in [6.45, 7) is 9.73. The monoisotopic (exact) mass is 346 g/mol. The van der Waals surface area contributed by atoms with Crippen LogP contribution in [0.25, 0.3) is 0 Å². The highest BCUT2D eigenvalue weighted by atomic mass is 35.5. The van der Waals surface area contributed by atoms with Gasteiger partial charge in [-0.25, -0.2) is 0 Å². The van der Waals surface area contributed by atoms with Crippen LogP contribution in [-0.4, -0.2) is 31.1 Å². The molecule has 0 amide bonds. The van der Waals surface area contributed by atoms with Gasteiger partial charge in [0.15, 0.2) is 0 Å². The van der Waals surface area contributed by atoms with E-state index in [0.29, 0.717) is 0 Å². The van der Waals surface area contributed by atoms with Gasteiger partial charge in [0.25, 0.3) is 0 Å². The largest absolute Gasteiger partial charge is 0.365 e. The predicted molar refractivity (Wildman–Crippen MR) is 101 cm³/mol. The Kier molecular flexibility index (Phi) is 5.52. The Morgan fingerprint density at radius 3 is 2.65 bits per heavy atom. The van der Waals surface area contributed by atoms with Gasteiger partial charge < -0.3 is 9.80 Å². The first-order valence-electron chi connectivity index (χ1n) is 8.24. The SMILES string of the molecule is CCN(CC)CCN1Cc2ccccc2Sc2cc(Cl)ccc21. The van der Waals surface area contributed by atoms with Crippen LogP contribution in [0, 0.1) is 0 Å². The maximum Gasteiger partial charge on any atom is 0.0512 e. The van der Waals surface area contributed by atoms with Crippen molar-refractivity contribution < 1.29 is 0 Å². The lowest BCUT2D eigenvalue weighted by atomic mass is 10.2. The molecule has 0 spiro atoms. The first-order valence-corrected chi connectivity index (χ1v) is 9.43. The van der Waals surface area contributed by atoms with Crippen LogP contribution in [-0.2, 0) is 6.54 Å². The van der Waals surface area contributed by atoms with Gasteiger partial charge in [0, 0.05) is 34.4 Å². The van der Waals surface area contributed by atoms with E-state index < -0.39 is 0 Å². The number of rotatable bonds is 5. The maximum absolute atomic E-state index is 6.24. The van der Waals surface area contributed by atoms with Gasteiger partial charge in [0.1, 0.15) is 0 Å². The molecule has 2 nitrogen and oxygen atoms in total. The van der Waals surface area contributed by atoms with Crippen molar-refractivity contribution in [1.29, 1.82) is 0 Å². The van der Waals surface area contributed by atoms with Crippen molar-refractivity contribution >= 4 is 29.1 Å². The van der Waals surface area contributed by atoms with Crippen molar-refractivity contribution in [3.05, 3.63) is 53.1 Å². The molecule has 0 N–H and O–H groups in total. The van der Waals surface area contributed by atoms with E-state index in [0.717, 1.165) is 37.7 Å². The molecule has 1 aliphatic rings. The van der Waals surface area contributed by atoms with E-state index in [1.165, 1.54) is 21.0 Å². The Hall–Kier alpha value is -1.16. The molecule has 2 aromatic carbocycles. The molecule has 0 unspecified atom stereocenters. The minimum atomic E-state index is 0.805. The number of hydrogen-bond acceptors (Lipinski definition) is 3. The van der Waals surface area contributed by atoms with Gasteiger partial charge in [-0.1, -0.05) is 55.4 Å². The Labute approximate surface area is 148 Å². The molecule has 1 aliphatic heterocycles. The second-order valence-corrected chi connectivity index (χ2v) is 7.29. The summed E-state index contributed by atoms with van der Waals surface area (Å²) in [5.41, 5.74) is 2.69. The van der Waals surface area contributed by atoms with Gasteiger partial charge in [-0.2, -0.15) is 0 Å². The summed E-state index contributed by atoms with van der Waals surface area (Å²) in [5, 5.41) is 0.805. The zero-order valence-corrected chi connectivity index (χ0v) is 15.3. The highest BCUT2D eigenvalue weighted by Crippen LogP contribution is 2.42. The number of fused-ring (bicyclic) bond motifs is 2. The van der Waals surface area contributed by atoms with E-state index in [-0.39, 0.29) is 0 Å². The molecule has 122 valence electrons. The van der Waals surface area contributed by atoms with Crippen LogP contribution in [0.3, 0.4) is 0 Å². The molecule has 0 saturated carbocycles. The molecular weight excluding hydrogens is 324 g/mol. The summed E-state index contributed by atoms with van der Waals surface area (Å²) in [6, 6.07) is 14.9. The normalized spacial score (nSPS) is 13.7. The van der Waals surface area contributed by atoms with Crippen LogP contribution >= 0.6 is 23.4 Å². The van der Waals surface area contributed by atoms with Crippen LogP contribution < -0.4 is 4.90 Å². The fraction of sp³-hybridized carbons (Fsp3) is 0.368. The number of anilines is 1. The topological polar surface area (TPSA) is 6.48 Å². The summed E-state index contributed by atoms with van der Waals surface area (Å²) in [4.78, 5) is 7.55. The fourth-order valence-corrected chi connectivity index (χ4v) is 4.35. The standard InChI is InChI=1S/C19H23ClN2S/c1-3-21(4-2)11-12-22-14-15-7-5-6-8-18(15)23-19-13-16(20)9-10-17(19)22/h5-10,13H,3-4,11-12,14H2,1-2H3. The predicted octanol–water partition coefficient (Wildman–Crippen LogP) is 5.15. The van der Waals surface area contributed by atoms with Crippen LogP contribution in [0.1, 0.15) is 19.4 Å². The van der Waals surface area contributed by atoms with Gasteiger partial charge in [-0.05, 0) is 42.9 Å². The second kappa shape index (κ2) is 7.61. The van der Waals surface area contributed by atoms with E-state index in [2.05, 4.69) is 60.0 Å². The minimum absolute atomic E-state index is 0.805. The van der Waals surface area contributed by atoms with E-state index >= 15 is 0 Å². The molecule has 4 heteroatoms. The van der Waals surface area contributed by atoms with Crippen molar-refractivity contribution in [1.82, 2.24) is 4.90 Å². The molecule has 2 aromatic rings. The lowest BCUT2D eigenvalue weighted by Gasteiger charge is -2.28. The first-order chi connectivity index (χ1) is 11.2.